The number of carbonyl (C=O) groups excluding carboxylic acids is 2. The second kappa shape index (κ2) is 8.85. The normalized spacial score (nSPS) is 16.3. The highest BCUT2D eigenvalue weighted by molar-refractivity contribution is 7.89. The van der Waals surface area contributed by atoms with E-state index in [1.54, 1.807) is 16.7 Å². The number of benzene rings is 2. The van der Waals surface area contributed by atoms with Gasteiger partial charge in [0.05, 0.1) is 22.2 Å². The van der Waals surface area contributed by atoms with E-state index in [0.717, 1.165) is 17.5 Å². The standard InChI is InChI=1S/C22H21N3O7S2/c1-30-20(26)12-25-16-10-17-18(32-13-31-17)11-19(16)33-22(25)23-21(27)14-4-6-15(7-5-14)34(28,29)24-8-2-3-9-24/h4-7,10-11H,2-3,8-9,12-13H2,1H3. The predicted octanol–water partition coefficient (Wildman–Crippen LogP) is 2.13. The fraction of sp³-hybridized carbons (Fsp3) is 0.318. The average molecular weight is 504 g/mol. The van der Waals surface area contributed by atoms with Gasteiger partial charge in [0.2, 0.25) is 16.8 Å². The summed E-state index contributed by atoms with van der Waals surface area (Å²) < 4.78 is 44.9. The Morgan fingerprint density at radius 3 is 2.44 bits per heavy atom. The molecule has 0 unspecified atom stereocenters. The number of carbonyl (C=O) groups is 2. The summed E-state index contributed by atoms with van der Waals surface area (Å²) in [7, 11) is -2.29. The summed E-state index contributed by atoms with van der Waals surface area (Å²) in [5.74, 6) is 0.0568. The molecule has 3 aromatic rings. The van der Waals surface area contributed by atoms with Crippen LogP contribution in [0.15, 0.2) is 46.3 Å². The van der Waals surface area contributed by atoms with Crippen molar-refractivity contribution in [3.63, 3.8) is 0 Å². The Bertz CT molecular complexity index is 1450. The first-order valence-corrected chi connectivity index (χ1v) is 12.8. The largest absolute Gasteiger partial charge is 0.468 e. The maximum atomic E-state index is 12.9. The van der Waals surface area contributed by atoms with Gasteiger partial charge in [0.25, 0.3) is 5.91 Å². The molecular weight excluding hydrogens is 482 g/mol. The Hall–Kier alpha value is -3.22. The predicted molar refractivity (Wildman–Crippen MR) is 122 cm³/mol. The first kappa shape index (κ1) is 22.6. The number of rotatable bonds is 5. The van der Waals surface area contributed by atoms with E-state index in [9.17, 15) is 18.0 Å². The van der Waals surface area contributed by atoms with Crippen LogP contribution < -0.4 is 14.3 Å². The highest BCUT2D eigenvalue weighted by Gasteiger charge is 2.27. The zero-order chi connectivity index (χ0) is 23.9. The van der Waals surface area contributed by atoms with Gasteiger partial charge in [-0.3, -0.25) is 9.59 Å². The number of aromatic nitrogens is 1. The lowest BCUT2D eigenvalue weighted by molar-refractivity contribution is -0.141. The molecule has 0 radical (unpaired) electrons. The van der Waals surface area contributed by atoms with Crippen LogP contribution in [0, 0.1) is 0 Å². The molecule has 1 aromatic heterocycles. The van der Waals surface area contributed by atoms with E-state index in [1.165, 1.54) is 47.0 Å². The molecule has 0 aliphatic carbocycles. The van der Waals surface area contributed by atoms with Crippen molar-refractivity contribution in [1.82, 2.24) is 8.87 Å². The zero-order valence-electron chi connectivity index (χ0n) is 18.2. The lowest BCUT2D eigenvalue weighted by atomic mass is 10.2. The summed E-state index contributed by atoms with van der Waals surface area (Å²) in [5.41, 5.74) is 0.884. The molecule has 2 aliphatic rings. The molecule has 2 aromatic carbocycles. The third kappa shape index (κ3) is 4.08. The monoisotopic (exact) mass is 503 g/mol. The molecule has 1 amide bonds. The third-order valence-electron chi connectivity index (χ3n) is 5.69. The second-order valence-corrected chi connectivity index (χ2v) is 10.7. The number of sulfonamides is 1. The number of ether oxygens (including phenoxy) is 3. The minimum absolute atomic E-state index is 0.114. The van der Waals surface area contributed by atoms with E-state index in [0.29, 0.717) is 34.9 Å². The average Bonchev–Trinajstić information content (AvgIpc) is 3.59. The van der Waals surface area contributed by atoms with Crippen LogP contribution in [0.4, 0.5) is 0 Å². The van der Waals surface area contributed by atoms with Crippen LogP contribution in [-0.4, -0.2) is 56.2 Å². The topological polar surface area (TPSA) is 117 Å². The highest BCUT2D eigenvalue weighted by Crippen LogP contribution is 2.37. The Labute approximate surface area is 199 Å². The van der Waals surface area contributed by atoms with E-state index in [4.69, 9.17) is 14.2 Å². The van der Waals surface area contributed by atoms with Crippen molar-refractivity contribution in [3.8, 4) is 11.5 Å². The summed E-state index contributed by atoms with van der Waals surface area (Å²) in [4.78, 5) is 29.6. The fourth-order valence-electron chi connectivity index (χ4n) is 3.89. The van der Waals surface area contributed by atoms with Gasteiger partial charge in [-0.25, -0.2) is 8.42 Å². The highest BCUT2D eigenvalue weighted by atomic mass is 32.2. The van der Waals surface area contributed by atoms with E-state index >= 15 is 0 Å². The van der Waals surface area contributed by atoms with E-state index in [1.807, 2.05) is 0 Å². The lowest BCUT2D eigenvalue weighted by Crippen LogP contribution is -2.27. The summed E-state index contributed by atoms with van der Waals surface area (Å²) >= 11 is 1.22. The van der Waals surface area contributed by atoms with Gasteiger partial charge < -0.3 is 18.8 Å². The van der Waals surface area contributed by atoms with Crippen molar-refractivity contribution >= 4 is 43.5 Å². The van der Waals surface area contributed by atoms with Crippen molar-refractivity contribution in [1.29, 1.82) is 0 Å². The van der Waals surface area contributed by atoms with Crippen molar-refractivity contribution in [2.75, 3.05) is 27.0 Å². The molecule has 2 aliphatic heterocycles. The van der Waals surface area contributed by atoms with Crippen LogP contribution in [0.3, 0.4) is 0 Å². The smallest absolute Gasteiger partial charge is 0.325 e. The number of hydrogen-bond donors (Lipinski definition) is 0. The Morgan fingerprint density at radius 2 is 1.76 bits per heavy atom. The molecule has 5 rings (SSSR count). The maximum Gasteiger partial charge on any atom is 0.325 e. The number of nitrogens with zero attached hydrogens (tertiary/aromatic N) is 3. The molecule has 178 valence electrons. The van der Waals surface area contributed by atoms with Crippen molar-refractivity contribution in [3.05, 3.63) is 46.8 Å². The van der Waals surface area contributed by atoms with Crippen LogP contribution >= 0.6 is 11.3 Å². The van der Waals surface area contributed by atoms with Crippen LogP contribution in [0.25, 0.3) is 10.2 Å². The van der Waals surface area contributed by atoms with Gasteiger partial charge in [-0.15, -0.1) is 0 Å². The summed E-state index contributed by atoms with van der Waals surface area (Å²) in [5, 5.41) is 0. The zero-order valence-corrected chi connectivity index (χ0v) is 19.9. The number of hydrogen-bond acceptors (Lipinski definition) is 8. The van der Waals surface area contributed by atoms with E-state index in [2.05, 4.69) is 4.99 Å². The third-order valence-corrected chi connectivity index (χ3v) is 8.65. The molecule has 0 atom stereocenters. The Morgan fingerprint density at radius 1 is 1.09 bits per heavy atom. The Kier molecular flexibility index (Phi) is 5.88. The summed E-state index contributed by atoms with van der Waals surface area (Å²) in [6.45, 7) is 0.978. The molecule has 34 heavy (non-hydrogen) atoms. The second-order valence-electron chi connectivity index (χ2n) is 7.77. The minimum Gasteiger partial charge on any atom is -0.468 e. The molecule has 0 saturated carbocycles. The van der Waals surface area contributed by atoms with E-state index < -0.39 is 21.9 Å². The van der Waals surface area contributed by atoms with Crippen LogP contribution in [0.2, 0.25) is 0 Å². The lowest BCUT2D eigenvalue weighted by Gasteiger charge is -2.15. The van der Waals surface area contributed by atoms with Gasteiger partial charge in [0.15, 0.2) is 16.3 Å². The molecule has 0 N–H and O–H groups in total. The Balaban J connectivity index is 1.50. The first-order chi connectivity index (χ1) is 16.4. The van der Waals surface area contributed by atoms with Gasteiger partial charge in [-0.2, -0.15) is 9.30 Å². The summed E-state index contributed by atoms with van der Waals surface area (Å²) in [6, 6.07) is 9.24. The number of thiazole rings is 1. The van der Waals surface area contributed by atoms with Gasteiger partial charge in [0.1, 0.15) is 6.54 Å². The number of fused-ring (bicyclic) bond motifs is 2. The van der Waals surface area contributed by atoms with Gasteiger partial charge in [-0.05, 0) is 37.1 Å². The van der Waals surface area contributed by atoms with Crippen molar-refractivity contribution in [2.24, 2.45) is 4.99 Å². The van der Waals surface area contributed by atoms with Gasteiger partial charge in [0, 0.05) is 30.8 Å². The quantitative estimate of drug-likeness (QED) is 0.490. The molecule has 0 spiro atoms. The molecular formula is C22H21N3O7S2. The SMILES string of the molecule is COC(=O)Cn1c(=NC(=O)c2ccc(S(=O)(=O)N3CCCC3)cc2)sc2cc3c(cc21)OCO3. The number of amides is 1. The molecule has 1 fully saturated rings. The number of methoxy groups -OCH3 is 1. The van der Waals surface area contributed by atoms with Gasteiger partial charge >= 0.3 is 5.97 Å². The van der Waals surface area contributed by atoms with Crippen molar-refractivity contribution < 1.29 is 32.2 Å². The summed E-state index contributed by atoms with van der Waals surface area (Å²) in [6.07, 6.45) is 1.69. The molecule has 1 saturated heterocycles. The first-order valence-electron chi connectivity index (χ1n) is 10.6. The minimum atomic E-state index is -3.57. The fourth-order valence-corrected chi connectivity index (χ4v) is 6.44. The molecule has 12 heteroatoms. The van der Waals surface area contributed by atoms with Crippen LogP contribution in [-0.2, 0) is 26.1 Å². The maximum absolute atomic E-state index is 12.9. The molecule has 0 bridgehead atoms. The number of esters is 1. The van der Waals surface area contributed by atoms with Crippen LogP contribution in [0.1, 0.15) is 23.2 Å². The van der Waals surface area contributed by atoms with E-state index in [-0.39, 0.29) is 23.8 Å². The molecule has 3 heterocycles. The van der Waals surface area contributed by atoms with Crippen molar-refractivity contribution in [2.45, 2.75) is 24.3 Å². The molecule has 10 nitrogen and oxygen atoms in total. The van der Waals surface area contributed by atoms with Gasteiger partial charge in [-0.1, -0.05) is 11.3 Å². The van der Waals surface area contributed by atoms with Crippen LogP contribution in [0.5, 0.6) is 11.5 Å².